The van der Waals surface area contributed by atoms with Crippen LogP contribution in [0, 0.1) is 5.92 Å². The molecule has 0 radical (unpaired) electrons. The van der Waals surface area contributed by atoms with Crippen molar-refractivity contribution in [2.24, 2.45) is 5.92 Å². The number of hydrogen-bond acceptors (Lipinski definition) is 6. The first-order valence-corrected chi connectivity index (χ1v) is 11.4. The molecule has 0 saturated heterocycles. The van der Waals surface area contributed by atoms with Crippen molar-refractivity contribution >= 4 is 11.9 Å². The number of rotatable bonds is 13. The minimum Gasteiger partial charge on any atom is -0.290 e. The molecule has 0 aliphatic rings. The van der Waals surface area contributed by atoms with Crippen molar-refractivity contribution in [2.75, 3.05) is 0 Å². The van der Waals surface area contributed by atoms with Gasteiger partial charge in [0.15, 0.2) is 0 Å². The molecule has 0 aromatic heterocycles. The van der Waals surface area contributed by atoms with Gasteiger partial charge < -0.3 is 0 Å². The van der Waals surface area contributed by atoms with Gasteiger partial charge in [0, 0.05) is 6.42 Å². The molecule has 2 aromatic rings. The Kier molecular flexibility index (Phi) is 10.9. The van der Waals surface area contributed by atoms with E-state index in [0.717, 1.165) is 43.2 Å². The van der Waals surface area contributed by atoms with E-state index in [1.54, 1.807) is 24.3 Å². The molecule has 32 heavy (non-hydrogen) atoms. The molecular weight excluding hydrogens is 408 g/mol. The zero-order valence-corrected chi connectivity index (χ0v) is 19.5. The summed E-state index contributed by atoms with van der Waals surface area (Å²) in [4.78, 5) is 44.9. The molecule has 0 aliphatic carbocycles. The van der Waals surface area contributed by atoms with Crippen molar-refractivity contribution in [1.82, 2.24) is 0 Å². The van der Waals surface area contributed by atoms with E-state index < -0.39 is 18.2 Å². The van der Waals surface area contributed by atoms with Crippen molar-refractivity contribution in [2.45, 2.75) is 72.5 Å². The van der Waals surface area contributed by atoms with Crippen LogP contribution in [0.5, 0.6) is 0 Å². The largest absolute Gasteiger partial charge is 0.373 e. The van der Waals surface area contributed by atoms with Gasteiger partial charge in [-0.15, -0.1) is 9.78 Å². The van der Waals surface area contributed by atoms with Crippen molar-refractivity contribution in [1.29, 1.82) is 0 Å². The minimum atomic E-state index is -1.03. The van der Waals surface area contributed by atoms with Crippen LogP contribution in [0.15, 0.2) is 48.5 Å². The van der Waals surface area contributed by atoms with Crippen LogP contribution in [-0.4, -0.2) is 18.2 Å². The lowest BCUT2D eigenvalue weighted by Crippen LogP contribution is -2.24. The Morgan fingerprint density at radius 1 is 0.719 bits per heavy atom. The highest BCUT2D eigenvalue weighted by molar-refractivity contribution is 5.89. The Morgan fingerprint density at radius 2 is 1.12 bits per heavy atom. The standard InChI is InChI=1S/C26H34O6/c1-5-8-20-10-14-22(15-11-20)25(27)31-29-24(18-19(4)7-3)30-32-26(28)23-16-12-21(9-6-2)13-17-23/h10-17,19,24H,5-9,18H2,1-4H3. The summed E-state index contributed by atoms with van der Waals surface area (Å²) in [5.74, 6) is -1.06. The smallest absolute Gasteiger partial charge is 0.290 e. The third-order valence-electron chi connectivity index (χ3n) is 5.21. The van der Waals surface area contributed by atoms with E-state index >= 15 is 0 Å². The molecule has 2 rings (SSSR count). The average molecular weight is 443 g/mol. The number of carbonyl (C=O) groups is 2. The Hall–Kier alpha value is -2.70. The minimum absolute atomic E-state index is 0.207. The molecule has 0 spiro atoms. The molecule has 0 heterocycles. The van der Waals surface area contributed by atoms with E-state index in [2.05, 4.69) is 13.8 Å². The highest BCUT2D eigenvalue weighted by Gasteiger charge is 2.21. The molecule has 0 N–H and O–H groups in total. The Morgan fingerprint density at radius 3 is 1.47 bits per heavy atom. The summed E-state index contributed by atoms with van der Waals surface area (Å²) in [5, 5.41) is 0. The number of benzene rings is 2. The maximum absolute atomic E-state index is 12.3. The molecule has 6 nitrogen and oxygen atoms in total. The van der Waals surface area contributed by atoms with E-state index in [1.165, 1.54) is 0 Å². The fourth-order valence-corrected chi connectivity index (χ4v) is 3.07. The van der Waals surface area contributed by atoms with Crippen LogP contribution in [0.4, 0.5) is 0 Å². The van der Waals surface area contributed by atoms with Crippen molar-refractivity contribution < 1.29 is 29.1 Å². The van der Waals surface area contributed by atoms with Crippen LogP contribution < -0.4 is 0 Å². The lowest BCUT2D eigenvalue weighted by Gasteiger charge is -2.18. The van der Waals surface area contributed by atoms with Crippen LogP contribution in [0.2, 0.25) is 0 Å². The molecule has 6 heteroatoms. The summed E-state index contributed by atoms with van der Waals surface area (Å²) >= 11 is 0. The summed E-state index contributed by atoms with van der Waals surface area (Å²) < 4.78 is 0. The quantitative estimate of drug-likeness (QED) is 0.208. The summed E-state index contributed by atoms with van der Waals surface area (Å²) in [6, 6.07) is 14.4. The number of carbonyl (C=O) groups excluding carboxylic acids is 2. The first-order valence-electron chi connectivity index (χ1n) is 11.4. The van der Waals surface area contributed by atoms with Gasteiger partial charge in [-0.1, -0.05) is 71.2 Å². The second-order valence-corrected chi connectivity index (χ2v) is 8.01. The lowest BCUT2D eigenvalue weighted by molar-refractivity contribution is -0.423. The van der Waals surface area contributed by atoms with Gasteiger partial charge >= 0.3 is 11.9 Å². The monoisotopic (exact) mass is 442 g/mol. The predicted octanol–water partition coefficient (Wildman–Crippen LogP) is 6.23. The Bertz CT molecular complexity index is 763. The van der Waals surface area contributed by atoms with Gasteiger partial charge in [0.05, 0.1) is 11.1 Å². The van der Waals surface area contributed by atoms with E-state index in [9.17, 15) is 9.59 Å². The van der Waals surface area contributed by atoms with Gasteiger partial charge in [0.1, 0.15) is 0 Å². The molecular formula is C26H34O6. The molecule has 174 valence electrons. The van der Waals surface area contributed by atoms with Gasteiger partial charge in [-0.3, -0.25) is 9.78 Å². The maximum Gasteiger partial charge on any atom is 0.373 e. The summed E-state index contributed by atoms with van der Waals surface area (Å²) in [5.41, 5.74) is 3.04. The zero-order chi connectivity index (χ0) is 23.3. The van der Waals surface area contributed by atoms with Crippen molar-refractivity contribution in [3.8, 4) is 0 Å². The van der Waals surface area contributed by atoms with Gasteiger partial charge in [-0.05, 0) is 54.2 Å². The van der Waals surface area contributed by atoms with Gasteiger partial charge in [0.25, 0.3) is 0 Å². The fourth-order valence-electron chi connectivity index (χ4n) is 3.07. The normalized spacial score (nSPS) is 11.9. The predicted molar refractivity (Wildman–Crippen MR) is 122 cm³/mol. The van der Waals surface area contributed by atoms with E-state index in [0.29, 0.717) is 17.5 Å². The summed E-state index contributed by atoms with van der Waals surface area (Å²) in [6.45, 7) is 8.22. The lowest BCUT2D eigenvalue weighted by atomic mass is 10.1. The molecule has 2 aromatic carbocycles. The maximum atomic E-state index is 12.3. The first-order chi connectivity index (χ1) is 15.5. The van der Waals surface area contributed by atoms with Crippen LogP contribution >= 0.6 is 0 Å². The van der Waals surface area contributed by atoms with E-state index in [1.807, 2.05) is 38.1 Å². The van der Waals surface area contributed by atoms with Crippen LogP contribution in [0.1, 0.15) is 85.2 Å². The molecule has 0 fully saturated rings. The van der Waals surface area contributed by atoms with Crippen molar-refractivity contribution in [3.63, 3.8) is 0 Å². The van der Waals surface area contributed by atoms with Crippen LogP contribution in [0.25, 0.3) is 0 Å². The second-order valence-electron chi connectivity index (χ2n) is 8.01. The van der Waals surface area contributed by atoms with E-state index in [-0.39, 0.29) is 5.92 Å². The zero-order valence-electron chi connectivity index (χ0n) is 19.5. The average Bonchev–Trinajstić information content (AvgIpc) is 2.81. The number of hydrogen-bond donors (Lipinski definition) is 0. The first kappa shape index (κ1) is 25.6. The molecule has 0 bridgehead atoms. The highest BCUT2D eigenvalue weighted by Crippen LogP contribution is 2.17. The molecule has 0 amide bonds. The Labute approximate surface area is 190 Å². The van der Waals surface area contributed by atoms with Gasteiger partial charge in [-0.25, -0.2) is 9.59 Å². The van der Waals surface area contributed by atoms with Crippen LogP contribution in [-0.2, 0) is 32.4 Å². The third-order valence-corrected chi connectivity index (χ3v) is 5.21. The Balaban J connectivity index is 1.92. The van der Waals surface area contributed by atoms with E-state index in [4.69, 9.17) is 19.6 Å². The van der Waals surface area contributed by atoms with Crippen molar-refractivity contribution in [3.05, 3.63) is 70.8 Å². The summed E-state index contributed by atoms with van der Waals surface area (Å²) in [7, 11) is 0. The second kappa shape index (κ2) is 13.7. The molecule has 1 unspecified atom stereocenters. The molecule has 0 aliphatic heterocycles. The SMILES string of the molecule is CCCc1ccc(C(=O)OOC(CC(C)CC)OOC(=O)c2ccc(CCC)cc2)cc1. The van der Waals surface area contributed by atoms with Crippen LogP contribution in [0.3, 0.4) is 0 Å². The molecule has 1 atom stereocenters. The fraction of sp³-hybridized carbons (Fsp3) is 0.462. The van der Waals surface area contributed by atoms with Gasteiger partial charge in [-0.2, -0.15) is 0 Å². The topological polar surface area (TPSA) is 71.1 Å². The highest BCUT2D eigenvalue weighted by atomic mass is 17.3. The molecule has 0 saturated carbocycles. The number of aryl methyl sites for hydroxylation is 2. The third kappa shape index (κ3) is 8.44. The summed E-state index contributed by atoms with van der Waals surface area (Å²) in [6.07, 6.45) is 4.18. The van der Waals surface area contributed by atoms with Gasteiger partial charge in [0.2, 0.25) is 6.29 Å².